The van der Waals surface area contributed by atoms with E-state index in [0.717, 1.165) is 5.56 Å². The maximum absolute atomic E-state index is 15.4. The van der Waals surface area contributed by atoms with Gasteiger partial charge in [-0.2, -0.15) is 0 Å². The Hall–Kier alpha value is -4.06. The quantitative estimate of drug-likeness (QED) is 0.452. The number of halogens is 3. The average molecular weight is 601 g/mol. The van der Waals surface area contributed by atoms with E-state index in [1.165, 1.54) is 32.8 Å². The Morgan fingerprint density at radius 1 is 1.19 bits per heavy atom. The molecule has 5 rings (SSSR count). The van der Waals surface area contributed by atoms with Gasteiger partial charge in [0.2, 0.25) is 11.8 Å². The Bertz CT molecular complexity index is 1530. The number of nitrogens with zero attached hydrogens (tertiary/aromatic N) is 5. The molecule has 3 aromatic rings. The maximum Gasteiger partial charge on any atom is 0.410 e. The molecular weight excluding hydrogens is 570 g/mol. The summed E-state index contributed by atoms with van der Waals surface area (Å²) in [6.07, 6.45) is 0.883. The molecule has 3 heterocycles. The second-order valence-corrected chi connectivity index (χ2v) is 12.1. The van der Waals surface area contributed by atoms with E-state index < -0.39 is 35.1 Å². The number of aromatic nitrogens is 3. The van der Waals surface area contributed by atoms with Crippen molar-refractivity contribution in [1.82, 2.24) is 30.1 Å². The van der Waals surface area contributed by atoms with Crippen LogP contribution in [0.4, 0.5) is 13.6 Å². The van der Waals surface area contributed by atoms with Gasteiger partial charge in [-0.05, 0) is 56.2 Å². The highest BCUT2D eigenvalue weighted by Gasteiger charge is 2.50. The first-order valence-corrected chi connectivity index (χ1v) is 13.8. The first-order valence-electron chi connectivity index (χ1n) is 13.4. The first kappa shape index (κ1) is 29.4. The van der Waals surface area contributed by atoms with Crippen LogP contribution in [0.25, 0.3) is 5.69 Å². The van der Waals surface area contributed by atoms with Crippen molar-refractivity contribution >= 4 is 29.5 Å². The highest BCUT2D eigenvalue weighted by molar-refractivity contribution is 6.30. The van der Waals surface area contributed by atoms with Gasteiger partial charge in [-0.25, -0.2) is 18.3 Å². The van der Waals surface area contributed by atoms with E-state index >= 15 is 4.39 Å². The van der Waals surface area contributed by atoms with Crippen LogP contribution in [0.15, 0.2) is 48.7 Å². The molecule has 0 aliphatic carbocycles. The van der Waals surface area contributed by atoms with Gasteiger partial charge < -0.3 is 19.9 Å². The Morgan fingerprint density at radius 3 is 2.62 bits per heavy atom. The summed E-state index contributed by atoms with van der Waals surface area (Å²) in [7, 11) is 1.59. The number of benzene rings is 2. The minimum absolute atomic E-state index is 0.00461. The molecular formula is C29H31ClF2N6O4. The van der Waals surface area contributed by atoms with Crippen molar-refractivity contribution in [1.29, 1.82) is 0 Å². The van der Waals surface area contributed by atoms with Gasteiger partial charge in [0.15, 0.2) is 5.67 Å². The van der Waals surface area contributed by atoms with Crippen LogP contribution >= 0.6 is 11.6 Å². The van der Waals surface area contributed by atoms with E-state index in [2.05, 4.69) is 15.6 Å². The standard InChI is InChI=1S/C29H31ClF2N6O4/c1-28(2,3)42-27(41)37-15-29(32,16-37)23-14-38(35-34-23)19-7-5-6-17(10-19)13-33-26(40)20-12-24(39)36(4)25(20)18-8-9-21(30)22(31)11-18/h5-11,14,20,25H,12-13,15-16H2,1-4H3,(H,33,40). The molecule has 10 nitrogen and oxygen atoms in total. The molecule has 222 valence electrons. The molecule has 2 aromatic carbocycles. The fourth-order valence-corrected chi connectivity index (χ4v) is 5.28. The molecule has 0 bridgehead atoms. The van der Waals surface area contributed by atoms with Crippen LogP contribution in [0.3, 0.4) is 0 Å². The zero-order valence-corrected chi connectivity index (χ0v) is 24.4. The number of likely N-dealkylation sites (tertiary alicyclic amines) is 2. The number of ether oxygens (including phenoxy) is 1. The second kappa shape index (κ2) is 11.0. The predicted octanol–water partition coefficient (Wildman–Crippen LogP) is 4.31. The largest absolute Gasteiger partial charge is 0.444 e. The first-order chi connectivity index (χ1) is 19.7. The van der Waals surface area contributed by atoms with Gasteiger partial charge in [-0.3, -0.25) is 9.59 Å². The summed E-state index contributed by atoms with van der Waals surface area (Å²) in [5.74, 6) is -1.90. The van der Waals surface area contributed by atoms with Gasteiger partial charge in [-0.1, -0.05) is 35.0 Å². The van der Waals surface area contributed by atoms with Crippen molar-refractivity contribution < 1.29 is 27.9 Å². The highest BCUT2D eigenvalue weighted by Crippen LogP contribution is 2.38. The summed E-state index contributed by atoms with van der Waals surface area (Å²) in [5, 5.41) is 10.9. The Balaban J connectivity index is 1.23. The lowest BCUT2D eigenvalue weighted by atomic mass is 9.92. The van der Waals surface area contributed by atoms with Gasteiger partial charge in [0.25, 0.3) is 0 Å². The van der Waals surface area contributed by atoms with Crippen molar-refractivity contribution in [2.45, 2.75) is 51.0 Å². The smallest absolute Gasteiger partial charge is 0.410 e. The fourth-order valence-electron chi connectivity index (χ4n) is 5.16. The second-order valence-electron chi connectivity index (χ2n) is 11.7. The van der Waals surface area contributed by atoms with Crippen LogP contribution < -0.4 is 5.32 Å². The van der Waals surface area contributed by atoms with Gasteiger partial charge >= 0.3 is 6.09 Å². The van der Waals surface area contributed by atoms with Gasteiger partial charge in [0, 0.05) is 20.0 Å². The van der Waals surface area contributed by atoms with Gasteiger partial charge in [0.05, 0.1) is 42.0 Å². The number of nitrogens with one attached hydrogen (secondary N) is 1. The Labute approximate surface area is 246 Å². The molecule has 2 atom stereocenters. The molecule has 42 heavy (non-hydrogen) atoms. The molecule has 2 aliphatic heterocycles. The number of hydrogen-bond acceptors (Lipinski definition) is 6. The highest BCUT2D eigenvalue weighted by atomic mass is 35.5. The van der Waals surface area contributed by atoms with Gasteiger partial charge in [-0.15, -0.1) is 5.10 Å². The molecule has 1 N–H and O–H groups in total. The van der Waals surface area contributed by atoms with Crippen molar-refractivity contribution in [3.8, 4) is 5.69 Å². The van der Waals surface area contributed by atoms with Crippen LogP contribution in [-0.2, 0) is 26.5 Å². The topological polar surface area (TPSA) is 110 Å². The van der Waals surface area contributed by atoms with E-state index in [1.54, 1.807) is 58.2 Å². The number of rotatable bonds is 6. The molecule has 13 heteroatoms. The number of carbonyl (C=O) groups is 3. The van der Waals surface area contributed by atoms with E-state index in [-0.39, 0.29) is 48.6 Å². The summed E-state index contributed by atoms with van der Waals surface area (Å²) in [4.78, 5) is 40.6. The van der Waals surface area contributed by atoms with Crippen molar-refractivity contribution in [2.75, 3.05) is 20.1 Å². The molecule has 2 saturated heterocycles. The zero-order valence-electron chi connectivity index (χ0n) is 23.6. The molecule has 2 fully saturated rings. The Kier molecular flexibility index (Phi) is 7.69. The summed E-state index contributed by atoms with van der Waals surface area (Å²) >= 11 is 5.81. The molecule has 3 amide bonds. The molecule has 2 unspecified atom stereocenters. The summed E-state index contributed by atoms with van der Waals surface area (Å²) in [5.41, 5.74) is -0.600. The fraction of sp³-hybridized carbons (Fsp3) is 0.414. The van der Waals surface area contributed by atoms with Gasteiger partial charge in [0.1, 0.15) is 17.1 Å². The van der Waals surface area contributed by atoms with Crippen molar-refractivity contribution in [3.05, 3.63) is 76.3 Å². The lowest BCUT2D eigenvalue weighted by Crippen LogP contribution is -2.59. The van der Waals surface area contributed by atoms with E-state index in [0.29, 0.717) is 11.3 Å². The van der Waals surface area contributed by atoms with E-state index in [4.69, 9.17) is 16.3 Å². The third-order valence-electron chi connectivity index (χ3n) is 7.34. The number of amides is 3. The molecule has 0 spiro atoms. The van der Waals surface area contributed by atoms with Crippen molar-refractivity contribution in [3.63, 3.8) is 0 Å². The van der Waals surface area contributed by atoms with Crippen LogP contribution in [-0.4, -0.2) is 68.4 Å². The molecule has 1 aromatic heterocycles. The van der Waals surface area contributed by atoms with Crippen LogP contribution in [0.5, 0.6) is 0 Å². The van der Waals surface area contributed by atoms with Crippen molar-refractivity contribution in [2.24, 2.45) is 5.92 Å². The minimum Gasteiger partial charge on any atom is -0.444 e. The zero-order chi connectivity index (χ0) is 30.4. The minimum atomic E-state index is -1.84. The predicted molar refractivity (Wildman–Crippen MR) is 149 cm³/mol. The SMILES string of the molecule is CN1C(=O)CC(C(=O)NCc2cccc(-n3cc(C4(F)CN(C(=O)OC(C)(C)C)C4)nn3)c2)C1c1ccc(Cl)c(F)c1. The maximum atomic E-state index is 15.4. The van der Waals surface area contributed by atoms with Crippen LogP contribution in [0, 0.1) is 11.7 Å². The Morgan fingerprint density at radius 2 is 1.93 bits per heavy atom. The lowest BCUT2D eigenvalue weighted by Gasteiger charge is -2.43. The van der Waals surface area contributed by atoms with E-state index in [1.807, 2.05) is 0 Å². The van der Waals surface area contributed by atoms with E-state index in [9.17, 15) is 18.8 Å². The molecule has 2 aliphatic rings. The summed E-state index contributed by atoms with van der Waals surface area (Å²) in [6.45, 7) is 5.01. The molecule has 0 radical (unpaired) electrons. The normalized spacial score (nSPS) is 19.9. The van der Waals surface area contributed by atoms with Crippen LogP contribution in [0.1, 0.15) is 50.1 Å². The number of carbonyl (C=O) groups excluding carboxylic acids is 3. The summed E-state index contributed by atoms with van der Waals surface area (Å²) < 4.78 is 36.3. The number of alkyl halides is 1. The monoisotopic (exact) mass is 600 g/mol. The van der Waals surface area contributed by atoms with Crippen LogP contribution in [0.2, 0.25) is 5.02 Å². The third-order valence-corrected chi connectivity index (χ3v) is 7.64. The molecule has 0 saturated carbocycles. The number of hydrogen-bond donors (Lipinski definition) is 1. The summed E-state index contributed by atoms with van der Waals surface area (Å²) in [6, 6.07) is 10.7. The average Bonchev–Trinajstić information content (AvgIpc) is 3.52. The lowest BCUT2D eigenvalue weighted by molar-refractivity contribution is -0.128. The third kappa shape index (κ3) is 5.94.